The van der Waals surface area contributed by atoms with Crippen molar-refractivity contribution in [3.63, 3.8) is 0 Å². The smallest absolute Gasteiger partial charge is 0.261 e. The molecule has 0 saturated carbocycles. The molecular formula is C12H12F2O2. The standard InChI is InChI=1S/C12H12F2O2/c13-12(14)9-16-8-11-5-3-10(4-6-11)2-1-7-15/h3-6,12,15H,7-9H2. The molecule has 1 N–H and O–H groups in total. The molecule has 0 aromatic heterocycles. The Balaban J connectivity index is 2.45. The second-order valence-electron chi connectivity index (χ2n) is 3.06. The number of benzene rings is 1. The number of aliphatic hydroxyl groups excluding tert-OH is 1. The molecule has 0 spiro atoms. The molecule has 1 aromatic rings. The van der Waals surface area contributed by atoms with Crippen LogP contribution in [0.5, 0.6) is 0 Å². The number of rotatable bonds is 4. The van der Waals surface area contributed by atoms with E-state index < -0.39 is 13.0 Å². The van der Waals surface area contributed by atoms with Crippen molar-refractivity contribution in [2.75, 3.05) is 13.2 Å². The van der Waals surface area contributed by atoms with Crippen LogP contribution in [-0.2, 0) is 11.3 Å². The van der Waals surface area contributed by atoms with E-state index in [1.807, 2.05) is 0 Å². The van der Waals surface area contributed by atoms with Gasteiger partial charge in [-0.1, -0.05) is 24.0 Å². The maximum Gasteiger partial charge on any atom is 0.261 e. The summed E-state index contributed by atoms with van der Waals surface area (Å²) in [6, 6.07) is 7.02. The van der Waals surface area contributed by atoms with E-state index in [-0.39, 0.29) is 13.2 Å². The van der Waals surface area contributed by atoms with E-state index >= 15 is 0 Å². The summed E-state index contributed by atoms with van der Waals surface area (Å²) in [6.07, 6.45) is -2.44. The molecule has 4 heteroatoms. The summed E-state index contributed by atoms with van der Waals surface area (Å²) in [7, 11) is 0. The quantitative estimate of drug-likeness (QED) is 0.793. The number of ether oxygens (including phenoxy) is 1. The fraction of sp³-hybridized carbons (Fsp3) is 0.333. The minimum absolute atomic E-state index is 0.165. The molecule has 0 fully saturated rings. The first-order chi connectivity index (χ1) is 7.72. The van der Waals surface area contributed by atoms with Gasteiger partial charge in [0.1, 0.15) is 13.2 Å². The molecule has 16 heavy (non-hydrogen) atoms. The average Bonchev–Trinajstić information content (AvgIpc) is 2.27. The van der Waals surface area contributed by atoms with Crippen LogP contribution >= 0.6 is 0 Å². The zero-order chi connectivity index (χ0) is 11.8. The van der Waals surface area contributed by atoms with Gasteiger partial charge in [0, 0.05) is 5.56 Å². The van der Waals surface area contributed by atoms with Gasteiger partial charge in [0.15, 0.2) is 0 Å². The largest absolute Gasteiger partial charge is 0.384 e. The molecule has 86 valence electrons. The number of halogens is 2. The first-order valence-corrected chi connectivity index (χ1v) is 4.77. The van der Waals surface area contributed by atoms with E-state index in [4.69, 9.17) is 9.84 Å². The Morgan fingerprint density at radius 2 is 1.94 bits per heavy atom. The van der Waals surface area contributed by atoms with E-state index in [1.165, 1.54) is 0 Å². The van der Waals surface area contributed by atoms with Crippen LogP contribution in [0.4, 0.5) is 8.78 Å². The molecule has 0 amide bonds. The highest BCUT2D eigenvalue weighted by Crippen LogP contribution is 2.05. The predicted octanol–water partition coefficient (Wildman–Crippen LogP) is 1.81. The van der Waals surface area contributed by atoms with Crippen molar-refractivity contribution in [3.8, 4) is 11.8 Å². The van der Waals surface area contributed by atoms with Gasteiger partial charge in [-0.2, -0.15) is 0 Å². The third-order valence-electron chi connectivity index (χ3n) is 1.78. The molecule has 0 aliphatic rings. The van der Waals surface area contributed by atoms with Gasteiger partial charge in [0.2, 0.25) is 0 Å². The zero-order valence-electron chi connectivity index (χ0n) is 8.62. The van der Waals surface area contributed by atoms with Gasteiger partial charge < -0.3 is 9.84 Å². The van der Waals surface area contributed by atoms with E-state index in [9.17, 15) is 8.78 Å². The molecule has 0 heterocycles. The maximum absolute atomic E-state index is 11.8. The number of hydrogen-bond donors (Lipinski definition) is 1. The first kappa shape index (κ1) is 12.6. The average molecular weight is 226 g/mol. The van der Waals surface area contributed by atoms with E-state index in [2.05, 4.69) is 11.8 Å². The molecule has 0 aliphatic carbocycles. The van der Waals surface area contributed by atoms with Crippen LogP contribution in [0.15, 0.2) is 24.3 Å². The van der Waals surface area contributed by atoms with Crippen molar-refractivity contribution in [1.29, 1.82) is 0 Å². The Morgan fingerprint density at radius 3 is 2.50 bits per heavy atom. The zero-order valence-corrected chi connectivity index (χ0v) is 8.62. The number of hydrogen-bond acceptors (Lipinski definition) is 2. The SMILES string of the molecule is OCC#Cc1ccc(COCC(F)F)cc1. The first-order valence-electron chi connectivity index (χ1n) is 4.77. The van der Waals surface area contributed by atoms with Crippen molar-refractivity contribution in [1.82, 2.24) is 0 Å². The third kappa shape index (κ3) is 4.87. The second-order valence-corrected chi connectivity index (χ2v) is 3.06. The topological polar surface area (TPSA) is 29.5 Å². The number of alkyl halides is 2. The van der Waals surface area contributed by atoms with Crippen LogP contribution in [-0.4, -0.2) is 24.7 Å². The van der Waals surface area contributed by atoms with Crippen LogP contribution in [0, 0.1) is 11.8 Å². The molecule has 0 radical (unpaired) electrons. The van der Waals surface area contributed by atoms with Crippen molar-refractivity contribution in [3.05, 3.63) is 35.4 Å². The lowest BCUT2D eigenvalue weighted by Gasteiger charge is -2.03. The lowest BCUT2D eigenvalue weighted by molar-refractivity contribution is 0.00988. The Labute approximate surface area is 92.9 Å². The summed E-state index contributed by atoms with van der Waals surface area (Å²) < 4.78 is 28.3. The minimum atomic E-state index is -2.44. The molecule has 0 atom stereocenters. The normalized spacial score (nSPS) is 10.0. The molecule has 1 rings (SSSR count). The summed E-state index contributed by atoms with van der Waals surface area (Å²) in [5, 5.41) is 8.49. The molecule has 0 bridgehead atoms. The van der Waals surface area contributed by atoms with Crippen LogP contribution in [0.25, 0.3) is 0 Å². The van der Waals surface area contributed by atoms with Gasteiger partial charge >= 0.3 is 0 Å². The predicted molar refractivity (Wildman–Crippen MR) is 56.1 cm³/mol. The fourth-order valence-electron chi connectivity index (χ4n) is 1.09. The van der Waals surface area contributed by atoms with Crippen molar-refractivity contribution < 1.29 is 18.6 Å². The minimum Gasteiger partial charge on any atom is -0.384 e. The third-order valence-corrected chi connectivity index (χ3v) is 1.78. The Hall–Kier alpha value is -1.44. The van der Waals surface area contributed by atoms with Crippen LogP contribution < -0.4 is 0 Å². The van der Waals surface area contributed by atoms with Gasteiger partial charge in [0.25, 0.3) is 6.43 Å². The lowest BCUT2D eigenvalue weighted by atomic mass is 10.1. The summed E-state index contributed by atoms with van der Waals surface area (Å²) in [4.78, 5) is 0. The van der Waals surface area contributed by atoms with E-state index in [1.54, 1.807) is 24.3 Å². The maximum atomic E-state index is 11.8. The summed E-state index contributed by atoms with van der Waals surface area (Å²) >= 11 is 0. The van der Waals surface area contributed by atoms with Crippen molar-refractivity contribution in [2.24, 2.45) is 0 Å². The molecule has 0 aliphatic heterocycles. The van der Waals surface area contributed by atoms with Crippen molar-refractivity contribution >= 4 is 0 Å². The van der Waals surface area contributed by atoms with Crippen LogP contribution in [0.2, 0.25) is 0 Å². The van der Waals surface area contributed by atoms with Crippen LogP contribution in [0.3, 0.4) is 0 Å². The highest BCUT2D eigenvalue weighted by Gasteiger charge is 2.01. The Bertz CT molecular complexity index is 363. The Kier molecular flexibility index (Phi) is 5.48. The molecule has 1 aromatic carbocycles. The summed E-state index contributed by atoms with van der Waals surface area (Å²) in [5.41, 5.74) is 1.59. The molecule has 0 unspecified atom stereocenters. The van der Waals surface area contributed by atoms with Gasteiger partial charge in [-0.15, -0.1) is 0 Å². The number of aliphatic hydroxyl groups is 1. The van der Waals surface area contributed by atoms with Crippen molar-refractivity contribution in [2.45, 2.75) is 13.0 Å². The Morgan fingerprint density at radius 1 is 1.25 bits per heavy atom. The van der Waals surface area contributed by atoms with E-state index in [0.29, 0.717) is 0 Å². The summed E-state index contributed by atoms with van der Waals surface area (Å²) in [6.45, 7) is -0.566. The highest BCUT2D eigenvalue weighted by atomic mass is 19.3. The second kappa shape index (κ2) is 6.94. The molecule has 2 nitrogen and oxygen atoms in total. The molecule has 0 saturated heterocycles. The molecular weight excluding hydrogens is 214 g/mol. The van der Waals surface area contributed by atoms with Gasteiger partial charge in [-0.3, -0.25) is 0 Å². The van der Waals surface area contributed by atoms with Crippen LogP contribution in [0.1, 0.15) is 11.1 Å². The fourth-order valence-corrected chi connectivity index (χ4v) is 1.09. The lowest BCUT2D eigenvalue weighted by Crippen LogP contribution is -2.04. The van der Waals surface area contributed by atoms with Gasteiger partial charge in [0.05, 0.1) is 6.61 Å². The van der Waals surface area contributed by atoms with Gasteiger partial charge in [-0.05, 0) is 17.7 Å². The summed E-state index contributed by atoms with van der Waals surface area (Å²) in [5.74, 6) is 5.25. The van der Waals surface area contributed by atoms with E-state index in [0.717, 1.165) is 11.1 Å². The van der Waals surface area contributed by atoms with Gasteiger partial charge in [-0.25, -0.2) is 8.78 Å². The monoisotopic (exact) mass is 226 g/mol. The highest BCUT2D eigenvalue weighted by molar-refractivity contribution is 5.35.